The smallest absolute Gasteiger partial charge is 0.322 e. The lowest BCUT2D eigenvalue weighted by atomic mass is 10.0. The first-order valence-electron chi connectivity index (χ1n) is 19.2. The number of carboxylic acid groups (broad SMARTS) is 1. The van der Waals surface area contributed by atoms with Crippen LogP contribution in [0.4, 0.5) is 0 Å². The highest BCUT2D eigenvalue weighted by Crippen LogP contribution is 2.19. The van der Waals surface area contributed by atoms with Crippen molar-refractivity contribution in [1.82, 2.24) is 5.32 Å². The van der Waals surface area contributed by atoms with Crippen LogP contribution in [0.2, 0.25) is 0 Å². The van der Waals surface area contributed by atoms with Crippen LogP contribution in [-0.4, -0.2) is 35.6 Å². The van der Waals surface area contributed by atoms with Gasteiger partial charge in [-0.05, 0) is 38.5 Å². The molecule has 0 spiro atoms. The van der Waals surface area contributed by atoms with Crippen molar-refractivity contribution in [2.24, 2.45) is 0 Å². The highest BCUT2D eigenvalue weighted by atomic mass is 16.5. The minimum Gasteiger partial charge on any atom is -0.480 e. The number of carbonyl (C=O) groups is 3. The Bertz CT molecular complexity index is 653. The Labute approximate surface area is 272 Å². The fourth-order valence-corrected chi connectivity index (χ4v) is 5.93. The third-order valence-corrected chi connectivity index (χ3v) is 8.78. The zero-order valence-electron chi connectivity index (χ0n) is 29.3. The van der Waals surface area contributed by atoms with Gasteiger partial charge in [0, 0.05) is 12.8 Å². The van der Waals surface area contributed by atoms with E-state index in [1.165, 1.54) is 122 Å². The van der Waals surface area contributed by atoms with Gasteiger partial charge in [-0.3, -0.25) is 14.4 Å². The molecule has 0 aliphatic rings. The van der Waals surface area contributed by atoms with Crippen LogP contribution in [0.3, 0.4) is 0 Å². The number of carbonyl (C=O) groups excluding carboxylic acids is 2. The molecule has 0 aromatic heterocycles. The number of unbranched alkanes of at least 4 members (excludes halogenated alkanes) is 24. The second kappa shape index (κ2) is 34.3. The molecule has 0 aromatic rings. The van der Waals surface area contributed by atoms with Gasteiger partial charge in [-0.1, -0.05) is 162 Å². The number of hydrogen-bond donors (Lipinski definition) is 2. The van der Waals surface area contributed by atoms with Gasteiger partial charge in [0.05, 0.1) is 0 Å². The summed E-state index contributed by atoms with van der Waals surface area (Å²) in [5.74, 6) is -1.22. The number of nitrogens with one attached hydrogen (secondary N) is 1. The average molecular weight is 624 g/mol. The Morgan fingerprint density at radius 1 is 0.500 bits per heavy atom. The summed E-state index contributed by atoms with van der Waals surface area (Å²) in [6.07, 6.45) is 36.4. The van der Waals surface area contributed by atoms with E-state index in [4.69, 9.17) is 9.84 Å². The van der Waals surface area contributed by atoms with Crippen molar-refractivity contribution in [2.45, 2.75) is 219 Å². The highest BCUT2D eigenvalue weighted by Gasteiger charge is 2.14. The van der Waals surface area contributed by atoms with Crippen LogP contribution in [0, 0.1) is 0 Å². The normalized spacial score (nSPS) is 11.9. The van der Waals surface area contributed by atoms with E-state index in [0.29, 0.717) is 12.8 Å². The van der Waals surface area contributed by atoms with Gasteiger partial charge < -0.3 is 15.2 Å². The molecule has 1 atom stereocenters. The van der Waals surface area contributed by atoms with Crippen molar-refractivity contribution in [3.05, 3.63) is 0 Å². The largest absolute Gasteiger partial charge is 0.480 e. The summed E-state index contributed by atoms with van der Waals surface area (Å²) in [4.78, 5) is 34.8. The van der Waals surface area contributed by atoms with E-state index in [-0.39, 0.29) is 24.5 Å². The van der Waals surface area contributed by atoms with E-state index in [0.717, 1.165) is 64.2 Å². The summed E-state index contributed by atoms with van der Waals surface area (Å²) < 4.78 is 6.00. The van der Waals surface area contributed by atoms with Crippen LogP contribution < -0.4 is 5.32 Å². The van der Waals surface area contributed by atoms with Gasteiger partial charge in [0.25, 0.3) is 0 Å². The van der Waals surface area contributed by atoms with E-state index >= 15 is 0 Å². The number of aliphatic carboxylic acids is 1. The molecular weight excluding hydrogens is 550 g/mol. The van der Waals surface area contributed by atoms with Crippen LogP contribution in [-0.2, 0) is 19.1 Å². The van der Waals surface area contributed by atoms with Gasteiger partial charge >= 0.3 is 11.9 Å². The Balaban J connectivity index is 4.12. The van der Waals surface area contributed by atoms with E-state index in [9.17, 15) is 14.4 Å². The minimum atomic E-state index is -1.01. The molecule has 0 aliphatic carbocycles. The Hall–Kier alpha value is -1.59. The quantitative estimate of drug-likeness (QED) is 0.0541. The molecule has 0 heterocycles. The Morgan fingerprint density at radius 3 is 1.23 bits per heavy atom. The second-order valence-corrected chi connectivity index (χ2v) is 13.2. The van der Waals surface area contributed by atoms with Crippen molar-refractivity contribution >= 4 is 17.8 Å². The lowest BCUT2D eigenvalue weighted by Crippen LogP contribution is -2.28. The molecular formula is C38H73NO5. The average Bonchev–Trinajstić information content (AvgIpc) is 3.00. The Morgan fingerprint density at radius 2 is 0.841 bits per heavy atom. The van der Waals surface area contributed by atoms with E-state index < -0.39 is 5.97 Å². The lowest BCUT2D eigenvalue weighted by Gasteiger charge is -2.18. The molecule has 0 aromatic carbocycles. The predicted molar refractivity (Wildman–Crippen MR) is 185 cm³/mol. The van der Waals surface area contributed by atoms with Gasteiger partial charge in [0.2, 0.25) is 5.91 Å². The molecule has 2 N–H and O–H groups in total. The summed E-state index contributed by atoms with van der Waals surface area (Å²) in [6.45, 7) is 4.22. The van der Waals surface area contributed by atoms with E-state index in [1.54, 1.807) is 0 Å². The third kappa shape index (κ3) is 33.3. The molecule has 6 heteroatoms. The molecule has 0 saturated carbocycles. The number of rotatable bonds is 35. The van der Waals surface area contributed by atoms with Crippen molar-refractivity contribution in [2.75, 3.05) is 6.54 Å². The van der Waals surface area contributed by atoms with E-state index in [1.807, 2.05) is 0 Å². The van der Waals surface area contributed by atoms with Crippen LogP contribution in [0.5, 0.6) is 0 Å². The molecule has 0 radical (unpaired) electrons. The molecule has 6 nitrogen and oxygen atoms in total. The number of esters is 1. The second-order valence-electron chi connectivity index (χ2n) is 13.2. The van der Waals surface area contributed by atoms with Gasteiger partial charge in [-0.25, -0.2) is 0 Å². The van der Waals surface area contributed by atoms with Crippen LogP contribution >= 0.6 is 0 Å². The maximum absolute atomic E-state index is 12.7. The van der Waals surface area contributed by atoms with Gasteiger partial charge in [0.1, 0.15) is 12.6 Å². The van der Waals surface area contributed by atoms with Crippen molar-refractivity contribution in [3.8, 4) is 0 Å². The number of amides is 1. The fourth-order valence-electron chi connectivity index (χ4n) is 5.93. The molecule has 0 saturated heterocycles. The first-order chi connectivity index (χ1) is 21.5. The highest BCUT2D eigenvalue weighted by molar-refractivity contribution is 5.80. The maximum atomic E-state index is 12.7. The molecule has 0 bridgehead atoms. The van der Waals surface area contributed by atoms with Crippen molar-refractivity contribution < 1.29 is 24.2 Å². The summed E-state index contributed by atoms with van der Waals surface area (Å²) in [5, 5.41) is 11.1. The fraction of sp³-hybridized carbons (Fsp3) is 0.921. The summed E-state index contributed by atoms with van der Waals surface area (Å²) in [5.41, 5.74) is 0. The maximum Gasteiger partial charge on any atom is 0.322 e. The molecule has 1 unspecified atom stereocenters. The van der Waals surface area contributed by atoms with Gasteiger partial charge in [-0.15, -0.1) is 0 Å². The van der Waals surface area contributed by atoms with Crippen LogP contribution in [0.15, 0.2) is 0 Å². The predicted octanol–water partition coefficient (Wildman–Crippen LogP) is 11.2. The van der Waals surface area contributed by atoms with Gasteiger partial charge in [-0.2, -0.15) is 0 Å². The molecule has 0 rings (SSSR count). The third-order valence-electron chi connectivity index (χ3n) is 8.78. The van der Waals surface area contributed by atoms with Gasteiger partial charge in [0.15, 0.2) is 0 Å². The Kier molecular flexibility index (Phi) is 33.0. The summed E-state index contributed by atoms with van der Waals surface area (Å²) in [6, 6.07) is 0. The zero-order valence-corrected chi connectivity index (χ0v) is 29.3. The molecule has 0 aliphatic heterocycles. The van der Waals surface area contributed by atoms with Crippen LogP contribution in [0.1, 0.15) is 213 Å². The first-order valence-corrected chi connectivity index (χ1v) is 19.2. The molecule has 260 valence electrons. The molecule has 44 heavy (non-hydrogen) atoms. The summed E-state index contributed by atoms with van der Waals surface area (Å²) >= 11 is 0. The van der Waals surface area contributed by atoms with Crippen molar-refractivity contribution in [3.63, 3.8) is 0 Å². The zero-order chi connectivity index (χ0) is 32.4. The lowest BCUT2D eigenvalue weighted by molar-refractivity contribution is -0.150. The van der Waals surface area contributed by atoms with E-state index in [2.05, 4.69) is 19.2 Å². The topological polar surface area (TPSA) is 92.7 Å². The molecule has 0 fully saturated rings. The van der Waals surface area contributed by atoms with Crippen molar-refractivity contribution in [1.29, 1.82) is 0 Å². The first kappa shape index (κ1) is 42.4. The van der Waals surface area contributed by atoms with Crippen LogP contribution in [0.25, 0.3) is 0 Å². The number of ether oxygens (including phenoxy) is 1. The SMILES string of the molecule is CCCCCCCCCCCCCCC(=O)OC(CCCCCCCCCCCC)CCCCCCCC(=O)NCC(=O)O. The minimum absolute atomic E-state index is 0.0125. The molecule has 1 amide bonds. The summed E-state index contributed by atoms with van der Waals surface area (Å²) in [7, 11) is 0. The number of carboxylic acids is 1. The number of hydrogen-bond acceptors (Lipinski definition) is 4. The standard InChI is InChI=1S/C38H73NO5/c1-3-5-7-9-11-13-15-16-18-20-25-29-33-38(43)44-35(30-26-22-19-17-14-12-10-8-6-4-2)31-27-23-21-24-28-32-36(40)39-34-37(41)42/h35H,3-34H2,1-2H3,(H,39,40)(H,41,42). The monoisotopic (exact) mass is 624 g/mol.